The standard InChI is InChI=1S/C20H26N4O2/c25-18(23-11-3-4-12-23)9-10-19(26)24-13-5-6-15(14-24)20-21-16-7-1-2-8-17(16)22-20/h1-2,7-8,15H,3-6,9-14H2,(H,21,22). The number of carbonyl (C=O) groups excluding carboxylic acids is 2. The molecule has 2 aliphatic heterocycles. The maximum atomic E-state index is 12.6. The van der Waals surface area contributed by atoms with Crippen LogP contribution in [0.15, 0.2) is 24.3 Å². The summed E-state index contributed by atoms with van der Waals surface area (Å²) < 4.78 is 0. The number of piperidine rings is 1. The number of imidazole rings is 1. The third-order valence-corrected chi connectivity index (χ3v) is 5.58. The van der Waals surface area contributed by atoms with E-state index in [2.05, 4.69) is 4.98 Å². The Hall–Kier alpha value is -2.37. The summed E-state index contributed by atoms with van der Waals surface area (Å²) in [6.07, 6.45) is 4.85. The van der Waals surface area contributed by atoms with Crippen molar-refractivity contribution in [3.05, 3.63) is 30.1 Å². The average Bonchev–Trinajstić information content (AvgIpc) is 3.35. The molecule has 0 bridgehead atoms. The number of nitrogens with one attached hydrogen (secondary N) is 1. The van der Waals surface area contributed by atoms with Crippen LogP contribution in [0.5, 0.6) is 0 Å². The first-order valence-corrected chi connectivity index (χ1v) is 9.71. The Morgan fingerprint density at radius 1 is 1.00 bits per heavy atom. The van der Waals surface area contributed by atoms with Gasteiger partial charge in [0.1, 0.15) is 5.82 Å². The second-order valence-electron chi connectivity index (χ2n) is 7.41. The maximum absolute atomic E-state index is 12.6. The highest BCUT2D eigenvalue weighted by molar-refractivity contribution is 5.84. The van der Waals surface area contributed by atoms with Crippen LogP contribution in [-0.4, -0.2) is 57.8 Å². The van der Waals surface area contributed by atoms with Gasteiger partial charge >= 0.3 is 0 Å². The van der Waals surface area contributed by atoms with E-state index in [-0.39, 0.29) is 17.7 Å². The molecule has 1 atom stereocenters. The predicted molar refractivity (Wildman–Crippen MR) is 99.7 cm³/mol. The molecule has 26 heavy (non-hydrogen) atoms. The highest BCUT2D eigenvalue weighted by Gasteiger charge is 2.27. The zero-order chi connectivity index (χ0) is 17.9. The van der Waals surface area contributed by atoms with Gasteiger partial charge in [0.25, 0.3) is 0 Å². The molecule has 0 spiro atoms. The SMILES string of the molecule is O=C(CCC(=O)N1CCCC(c2nc3ccccc3[nH]2)C1)N1CCCC1. The van der Waals surface area contributed by atoms with Gasteiger partial charge in [-0.1, -0.05) is 12.1 Å². The number of para-hydroxylation sites is 2. The number of aromatic amines is 1. The van der Waals surface area contributed by atoms with Crippen molar-refractivity contribution < 1.29 is 9.59 Å². The number of fused-ring (bicyclic) bond motifs is 1. The molecule has 2 aliphatic rings. The van der Waals surface area contributed by atoms with Crippen LogP contribution in [0.1, 0.15) is 50.3 Å². The van der Waals surface area contributed by atoms with Gasteiger partial charge < -0.3 is 14.8 Å². The van der Waals surface area contributed by atoms with E-state index >= 15 is 0 Å². The first kappa shape index (κ1) is 17.1. The highest BCUT2D eigenvalue weighted by atomic mass is 16.2. The van der Waals surface area contributed by atoms with Crippen molar-refractivity contribution in [3.63, 3.8) is 0 Å². The number of aromatic nitrogens is 2. The van der Waals surface area contributed by atoms with Gasteiger partial charge in [-0.3, -0.25) is 9.59 Å². The number of rotatable bonds is 4. The van der Waals surface area contributed by atoms with E-state index in [0.29, 0.717) is 19.4 Å². The molecule has 2 aromatic rings. The van der Waals surface area contributed by atoms with Crippen molar-refractivity contribution in [1.29, 1.82) is 0 Å². The Labute approximate surface area is 153 Å². The summed E-state index contributed by atoms with van der Waals surface area (Å²) in [5.74, 6) is 1.44. The Morgan fingerprint density at radius 2 is 1.69 bits per heavy atom. The van der Waals surface area contributed by atoms with Crippen molar-refractivity contribution in [1.82, 2.24) is 19.8 Å². The monoisotopic (exact) mass is 354 g/mol. The van der Waals surface area contributed by atoms with E-state index < -0.39 is 0 Å². The molecule has 2 amide bonds. The third kappa shape index (κ3) is 3.59. The fourth-order valence-corrected chi connectivity index (χ4v) is 4.09. The minimum Gasteiger partial charge on any atom is -0.343 e. The molecule has 2 fully saturated rings. The summed E-state index contributed by atoms with van der Waals surface area (Å²) in [4.78, 5) is 36.7. The van der Waals surface area contributed by atoms with Gasteiger partial charge in [0.15, 0.2) is 0 Å². The zero-order valence-corrected chi connectivity index (χ0v) is 15.1. The molecular formula is C20H26N4O2. The number of nitrogens with zero attached hydrogens (tertiary/aromatic N) is 3. The van der Waals surface area contributed by atoms with Crippen LogP contribution in [0.25, 0.3) is 11.0 Å². The molecule has 1 aromatic heterocycles. The minimum absolute atomic E-state index is 0.0957. The number of benzene rings is 1. The summed E-state index contributed by atoms with van der Waals surface area (Å²) in [6.45, 7) is 3.18. The summed E-state index contributed by atoms with van der Waals surface area (Å²) in [6, 6.07) is 8.02. The molecular weight excluding hydrogens is 328 g/mol. The van der Waals surface area contributed by atoms with Crippen LogP contribution in [0.2, 0.25) is 0 Å². The fraction of sp³-hybridized carbons (Fsp3) is 0.550. The zero-order valence-electron chi connectivity index (χ0n) is 15.1. The number of hydrogen-bond acceptors (Lipinski definition) is 3. The molecule has 0 radical (unpaired) electrons. The molecule has 4 rings (SSSR count). The van der Waals surface area contributed by atoms with Crippen molar-refractivity contribution in [2.45, 2.75) is 44.4 Å². The lowest BCUT2D eigenvalue weighted by Crippen LogP contribution is -2.40. The van der Waals surface area contributed by atoms with Crippen molar-refractivity contribution in [2.75, 3.05) is 26.2 Å². The lowest BCUT2D eigenvalue weighted by Gasteiger charge is -2.32. The van der Waals surface area contributed by atoms with Crippen molar-refractivity contribution in [2.24, 2.45) is 0 Å². The van der Waals surface area contributed by atoms with E-state index in [9.17, 15) is 9.59 Å². The molecule has 138 valence electrons. The van der Waals surface area contributed by atoms with Gasteiger partial charge in [-0.15, -0.1) is 0 Å². The van der Waals surface area contributed by atoms with Crippen LogP contribution in [-0.2, 0) is 9.59 Å². The number of carbonyl (C=O) groups is 2. The summed E-state index contributed by atoms with van der Waals surface area (Å²) in [5, 5.41) is 0. The van der Waals surface area contributed by atoms with Gasteiger partial charge in [0.05, 0.1) is 11.0 Å². The first-order chi connectivity index (χ1) is 12.7. The first-order valence-electron chi connectivity index (χ1n) is 9.71. The molecule has 1 unspecified atom stereocenters. The molecule has 1 N–H and O–H groups in total. The Balaban J connectivity index is 1.35. The normalized spacial score (nSPS) is 20.7. The molecule has 1 aromatic carbocycles. The lowest BCUT2D eigenvalue weighted by molar-refractivity contribution is -0.137. The number of likely N-dealkylation sites (tertiary alicyclic amines) is 2. The number of amides is 2. The molecule has 2 saturated heterocycles. The van der Waals surface area contributed by atoms with Gasteiger partial charge in [-0.2, -0.15) is 0 Å². The number of H-pyrrole nitrogens is 1. The van der Waals surface area contributed by atoms with E-state index in [1.807, 2.05) is 34.1 Å². The van der Waals surface area contributed by atoms with E-state index in [0.717, 1.165) is 62.2 Å². The van der Waals surface area contributed by atoms with Crippen molar-refractivity contribution >= 4 is 22.8 Å². The maximum Gasteiger partial charge on any atom is 0.223 e. The van der Waals surface area contributed by atoms with Gasteiger partial charge in [-0.05, 0) is 37.8 Å². The van der Waals surface area contributed by atoms with Crippen LogP contribution < -0.4 is 0 Å². The van der Waals surface area contributed by atoms with Gasteiger partial charge in [0, 0.05) is 44.9 Å². The van der Waals surface area contributed by atoms with E-state index in [4.69, 9.17) is 4.98 Å². The smallest absolute Gasteiger partial charge is 0.223 e. The van der Waals surface area contributed by atoms with Crippen LogP contribution in [0.4, 0.5) is 0 Å². The van der Waals surface area contributed by atoms with Crippen LogP contribution in [0, 0.1) is 0 Å². The summed E-state index contributed by atoms with van der Waals surface area (Å²) in [7, 11) is 0. The minimum atomic E-state index is 0.0957. The largest absolute Gasteiger partial charge is 0.343 e. The average molecular weight is 354 g/mol. The summed E-state index contributed by atoms with van der Waals surface area (Å²) >= 11 is 0. The second-order valence-corrected chi connectivity index (χ2v) is 7.41. The quantitative estimate of drug-likeness (QED) is 0.918. The van der Waals surface area contributed by atoms with Crippen LogP contribution >= 0.6 is 0 Å². The van der Waals surface area contributed by atoms with E-state index in [1.165, 1.54) is 0 Å². The topological polar surface area (TPSA) is 69.3 Å². The predicted octanol–water partition coefficient (Wildman–Crippen LogP) is 2.67. The number of hydrogen-bond donors (Lipinski definition) is 1. The Kier molecular flexibility index (Phi) is 4.91. The summed E-state index contributed by atoms with van der Waals surface area (Å²) in [5.41, 5.74) is 2.02. The lowest BCUT2D eigenvalue weighted by atomic mass is 9.97. The molecule has 0 saturated carbocycles. The molecule has 6 heteroatoms. The van der Waals surface area contributed by atoms with Gasteiger partial charge in [-0.25, -0.2) is 4.98 Å². The van der Waals surface area contributed by atoms with Crippen LogP contribution in [0.3, 0.4) is 0 Å². The molecule has 3 heterocycles. The Morgan fingerprint density at radius 3 is 2.46 bits per heavy atom. The third-order valence-electron chi connectivity index (χ3n) is 5.58. The fourth-order valence-electron chi connectivity index (χ4n) is 4.09. The highest BCUT2D eigenvalue weighted by Crippen LogP contribution is 2.27. The van der Waals surface area contributed by atoms with Gasteiger partial charge in [0.2, 0.25) is 11.8 Å². The van der Waals surface area contributed by atoms with E-state index in [1.54, 1.807) is 0 Å². The van der Waals surface area contributed by atoms with Crippen molar-refractivity contribution in [3.8, 4) is 0 Å². The molecule has 6 nitrogen and oxygen atoms in total. The molecule has 0 aliphatic carbocycles. The Bertz CT molecular complexity index is 761. The second kappa shape index (κ2) is 7.48.